The summed E-state index contributed by atoms with van der Waals surface area (Å²) in [6, 6.07) is 10.5. The summed E-state index contributed by atoms with van der Waals surface area (Å²) >= 11 is 0. The van der Waals surface area contributed by atoms with Crippen LogP contribution in [0, 0.1) is 13.8 Å². The number of hydrogen-bond acceptors (Lipinski definition) is 4. The molecule has 3 rings (SSSR count). The molecule has 122 valence electrons. The minimum absolute atomic E-state index is 0.0456. The number of benzene rings is 2. The molecule has 0 spiro atoms. The van der Waals surface area contributed by atoms with E-state index in [9.17, 15) is 9.59 Å². The van der Waals surface area contributed by atoms with Gasteiger partial charge in [-0.3, -0.25) is 9.59 Å². The lowest BCUT2D eigenvalue weighted by Gasteiger charge is -2.08. The third kappa shape index (κ3) is 2.99. The fraction of sp³-hybridized carbons (Fsp3) is 0.167. The van der Waals surface area contributed by atoms with Crippen molar-refractivity contribution in [3.05, 3.63) is 58.8 Å². The first kappa shape index (κ1) is 15.7. The minimum atomic E-state index is -0.593. The number of nitrogens with two attached hydrogens (primary N) is 1. The number of aryl methyl sites for hydroxylation is 2. The van der Waals surface area contributed by atoms with Crippen LogP contribution < -0.4 is 11.1 Å². The average molecular weight is 323 g/mol. The van der Waals surface area contributed by atoms with Crippen molar-refractivity contribution in [2.75, 3.05) is 5.32 Å². The van der Waals surface area contributed by atoms with Gasteiger partial charge >= 0.3 is 0 Å². The second-order valence-corrected chi connectivity index (χ2v) is 5.72. The van der Waals surface area contributed by atoms with E-state index in [0.717, 1.165) is 16.5 Å². The topological polar surface area (TPSA) is 98.2 Å². The van der Waals surface area contributed by atoms with Gasteiger partial charge in [0.05, 0.1) is 17.7 Å². The zero-order chi connectivity index (χ0) is 17.3. The summed E-state index contributed by atoms with van der Waals surface area (Å²) < 4.78 is 5.32. The molecular weight excluding hydrogens is 306 g/mol. The molecule has 0 aliphatic rings. The molecule has 0 aliphatic heterocycles. The molecular formula is C18H17N3O3. The monoisotopic (exact) mass is 323 g/mol. The number of carbonyl (C=O) groups excluding carboxylic acids is 2. The molecule has 0 bridgehead atoms. The second kappa shape index (κ2) is 6.16. The van der Waals surface area contributed by atoms with E-state index in [4.69, 9.17) is 10.3 Å². The number of nitrogens with one attached hydrogen (secondary N) is 1. The van der Waals surface area contributed by atoms with E-state index in [1.54, 1.807) is 24.3 Å². The van der Waals surface area contributed by atoms with E-state index < -0.39 is 5.91 Å². The smallest absolute Gasteiger partial charge is 0.250 e. The zero-order valence-corrected chi connectivity index (χ0v) is 13.4. The Kier molecular flexibility index (Phi) is 4.04. The molecule has 6 nitrogen and oxygen atoms in total. The minimum Gasteiger partial charge on any atom is -0.366 e. The van der Waals surface area contributed by atoms with Crippen LogP contribution in [0.3, 0.4) is 0 Å². The van der Waals surface area contributed by atoms with E-state index in [0.29, 0.717) is 17.0 Å². The number of amides is 2. The van der Waals surface area contributed by atoms with E-state index >= 15 is 0 Å². The highest BCUT2D eigenvalue weighted by Crippen LogP contribution is 2.25. The van der Waals surface area contributed by atoms with Crippen LogP contribution in [0.5, 0.6) is 0 Å². The van der Waals surface area contributed by atoms with Gasteiger partial charge in [0.2, 0.25) is 5.91 Å². The Balaban J connectivity index is 1.85. The van der Waals surface area contributed by atoms with Crippen LogP contribution in [0.25, 0.3) is 11.0 Å². The molecule has 3 N–H and O–H groups in total. The summed E-state index contributed by atoms with van der Waals surface area (Å²) in [6.07, 6.45) is 0.0456. The van der Waals surface area contributed by atoms with Gasteiger partial charge in [-0.25, -0.2) is 0 Å². The SMILES string of the molecule is Cc1cc(C)c2c(CC(=O)Nc3ccccc3C(N)=O)noc2c1. The van der Waals surface area contributed by atoms with Crippen molar-refractivity contribution in [1.29, 1.82) is 0 Å². The summed E-state index contributed by atoms with van der Waals surface area (Å²) in [7, 11) is 0. The number of aromatic nitrogens is 1. The number of carbonyl (C=O) groups is 2. The lowest BCUT2D eigenvalue weighted by Crippen LogP contribution is -2.19. The molecule has 0 atom stereocenters. The molecule has 1 aromatic heterocycles. The van der Waals surface area contributed by atoms with Crippen molar-refractivity contribution in [1.82, 2.24) is 5.16 Å². The fourth-order valence-electron chi connectivity index (χ4n) is 2.79. The standard InChI is InChI=1S/C18H17N3O3/c1-10-7-11(2)17-14(21-24-15(17)8-10)9-16(22)20-13-6-4-3-5-12(13)18(19)23/h3-8H,9H2,1-2H3,(H2,19,23)(H,20,22). The Morgan fingerprint density at radius 1 is 1.21 bits per heavy atom. The largest absolute Gasteiger partial charge is 0.366 e. The molecule has 3 aromatic rings. The molecule has 0 saturated heterocycles. The van der Waals surface area contributed by atoms with E-state index in [2.05, 4.69) is 10.5 Å². The number of fused-ring (bicyclic) bond motifs is 1. The van der Waals surface area contributed by atoms with E-state index in [1.165, 1.54) is 0 Å². The first-order chi connectivity index (χ1) is 11.5. The molecule has 0 radical (unpaired) electrons. The predicted molar refractivity (Wildman–Crippen MR) is 90.8 cm³/mol. The number of para-hydroxylation sites is 1. The molecule has 0 unspecified atom stereocenters. The average Bonchev–Trinajstić information content (AvgIpc) is 2.90. The Hall–Kier alpha value is -3.15. The first-order valence-corrected chi connectivity index (χ1v) is 7.50. The van der Waals surface area contributed by atoms with E-state index in [1.807, 2.05) is 26.0 Å². The van der Waals surface area contributed by atoms with Gasteiger partial charge in [-0.05, 0) is 43.2 Å². The normalized spacial score (nSPS) is 10.8. The highest BCUT2D eigenvalue weighted by molar-refractivity contribution is 6.03. The van der Waals surface area contributed by atoms with Gasteiger partial charge < -0.3 is 15.6 Å². The van der Waals surface area contributed by atoms with Crippen LogP contribution in [-0.2, 0) is 11.2 Å². The third-order valence-electron chi connectivity index (χ3n) is 3.78. The Bertz CT molecular complexity index is 944. The Morgan fingerprint density at radius 3 is 2.71 bits per heavy atom. The lowest BCUT2D eigenvalue weighted by molar-refractivity contribution is -0.115. The Morgan fingerprint density at radius 2 is 1.96 bits per heavy atom. The van der Waals surface area contributed by atoms with Crippen molar-refractivity contribution in [3.63, 3.8) is 0 Å². The number of hydrogen-bond donors (Lipinski definition) is 2. The van der Waals surface area contributed by atoms with Crippen molar-refractivity contribution in [2.45, 2.75) is 20.3 Å². The van der Waals surface area contributed by atoms with Gasteiger partial charge in [-0.1, -0.05) is 23.4 Å². The summed E-state index contributed by atoms with van der Waals surface area (Å²) in [5, 5.41) is 7.56. The van der Waals surface area contributed by atoms with Gasteiger partial charge in [-0.2, -0.15) is 0 Å². The van der Waals surface area contributed by atoms with Gasteiger partial charge in [-0.15, -0.1) is 0 Å². The van der Waals surface area contributed by atoms with Crippen LogP contribution in [-0.4, -0.2) is 17.0 Å². The quantitative estimate of drug-likeness (QED) is 0.771. The molecule has 1 heterocycles. The number of anilines is 1. The summed E-state index contributed by atoms with van der Waals surface area (Å²) in [5.74, 6) is -0.886. The van der Waals surface area contributed by atoms with Gasteiger partial charge in [0.1, 0.15) is 5.69 Å². The summed E-state index contributed by atoms with van der Waals surface area (Å²) in [5.41, 5.74) is 9.27. The zero-order valence-electron chi connectivity index (χ0n) is 13.4. The summed E-state index contributed by atoms with van der Waals surface area (Å²) in [4.78, 5) is 23.7. The predicted octanol–water partition coefficient (Wildman–Crippen LogP) is 2.72. The van der Waals surface area contributed by atoms with Crippen LogP contribution in [0.2, 0.25) is 0 Å². The van der Waals surface area contributed by atoms with Crippen molar-refractivity contribution in [2.24, 2.45) is 5.73 Å². The molecule has 0 fully saturated rings. The lowest BCUT2D eigenvalue weighted by atomic mass is 10.0. The molecule has 0 aliphatic carbocycles. The van der Waals surface area contributed by atoms with Crippen molar-refractivity contribution < 1.29 is 14.1 Å². The maximum Gasteiger partial charge on any atom is 0.250 e. The Labute approximate surface area is 138 Å². The van der Waals surface area contributed by atoms with Gasteiger partial charge in [0.25, 0.3) is 5.91 Å². The molecule has 2 amide bonds. The molecule has 2 aromatic carbocycles. The van der Waals surface area contributed by atoms with Crippen molar-refractivity contribution in [3.8, 4) is 0 Å². The number of primary amides is 1. The van der Waals surface area contributed by atoms with Crippen LogP contribution in [0.15, 0.2) is 40.9 Å². The highest BCUT2D eigenvalue weighted by Gasteiger charge is 2.16. The summed E-state index contributed by atoms with van der Waals surface area (Å²) in [6.45, 7) is 3.93. The molecule has 24 heavy (non-hydrogen) atoms. The van der Waals surface area contributed by atoms with Crippen LogP contribution in [0.4, 0.5) is 5.69 Å². The fourth-order valence-corrected chi connectivity index (χ4v) is 2.79. The number of rotatable bonds is 4. The number of nitrogens with zero attached hydrogens (tertiary/aromatic N) is 1. The van der Waals surface area contributed by atoms with E-state index in [-0.39, 0.29) is 17.9 Å². The van der Waals surface area contributed by atoms with Gasteiger partial charge in [0, 0.05) is 5.39 Å². The van der Waals surface area contributed by atoms with Crippen LogP contribution in [0.1, 0.15) is 27.2 Å². The third-order valence-corrected chi connectivity index (χ3v) is 3.78. The van der Waals surface area contributed by atoms with Crippen molar-refractivity contribution >= 4 is 28.5 Å². The molecule has 6 heteroatoms. The first-order valence-electron chi connectivity index (χ1n) is 7.50. The molecule has 0 saturated carbocycles. The maximum absolute atomic E-state index is 12.3. The van der Waals surface area contributed by atoms with Crippen LogP contribution >= 0.6 is 0 Å². The highest BCUT2D eigenvalue weighted by atomic mass is 16.5. The van der Waals surface area contributed by atoms with Gasteiger partial charge in [0.15, 0.2) is 5.58 Å². The second-order valence-electron chi connectivity index (χ2n) is 5.72. The maximum atomic E-state index is 12.3.